The number of halogens is 2. The van der Waals surface area contributed by atoms with Gasteiger partial charge in [0.05, 0.1) is 38.5 Å². The molecule has 0 amide bonds. The first kappa shape index (κ1) is 12.9. The molecular formula is C14H4Cl2N2O2S. The number of rotatable bonds is 0. The van der Waals surface area contributed by atoms with Gasteiger partial charge in [-0.25, -0.2) is 0 Å². The summed E-state index contributed by atoms with van der Waals surface area (Å²) in [6, 6.07) is 6.28. The van der Waals surface area contributed by atoms with Gasteiger partial charge in [-0.15, -0.1) is 0 Å². The summed E-state index contributed by atoms with van der Waals surface area (Å²) in [5, 5.41) is 0.425. The van der Waals surface area contributed by atoms with E-state index < -0.39 is 0 Å². The second kappa shape index (κ2) is 4.34. The van der Waals surface area contributed by atoms with Crippen molar-refractivity contribution in [1.82, 2.24) is 8.75 Å². The fraction of sp³-hybridized carbons (Fsp3) is 0. The minimum absolute atomic E-state index is 0.141. The fourth-order valence-electron chi connectivity index (χ4n) is 2.53. The van der Waals surface area contributed by atoms with Gasteiger partial charge < -0.3 is 0 Å². The van der Waals surface area contributed by atoms with Gasteiger partial charge >= 0.3 is 0 Å². The predicted molar refractivity (Wildman–Crippen MR) is 80.7 cm³/mol. The maximum atomic E-state index is 12.8. The van der Waals surface area contributed by atoms with Gasteiger partial charge in [0, 0.05) is 5.56 Å². The van der Waals surface area contributed by atoms with Crippen LogP contribution in [0.4, 0.5) is 0 Å². The standard InChI is InChI=1S/C14H4Cl2N2O2S/c15-6-2-3-7(16)11-10(6)13(19)5-1-4-8-12(18-21-17-8)9(5)14(11)20/h1-4H. The van der Waals surface area contributed by atoms with E-state index >= 15 is 0 Å². The highest BCUT2D eigenvalue weighted by molar-refractivity contribution is 7.00. The zero-order valence-electron chi connectivity index (χ0n) is 10.2. The number of hydrogen-bond acceptors (Lipinski definition) is 5. The Morgan fingerprint density at radius 3 is 2.19 bits per heavy atom. The van der Waals surface area contributed by atoms with Gasteiger partial charge in [-0.05, 0) is 24.3 Å². The monoisotopic (exact) mass is 334 g/mol. The highest BCUT2D eigenvalue weighted by Crippen LogP contribution is 2.37. The lowest BCUT2D eigenvalue weighted by atomic mass is 9.83. The van der Waals surface area contributed by atoms with E-state index in [0.717, 1.165) is 11.7 Å². The van der Waals surface area contributed by atoms with Crippen LogP contribution in [0.3, 0.4) is 0 Å². The number of fused-ring (bicyclic) bond motifs is 4. The summed E-state index contributed by atoms with van der Waals surface area (Å²) in [7, 11) is 0. The van der Waals surface area contributed by atoms with E-state index in [-0.39, 0.29) is 43.9 Å². The molecule has 0 N–H and O–H groups in total. The van der Waals surface area contributed by atoms with Gasteiger partial charge in [0.25, 0.3) is 0 Å². The second-order valence-electron chi connectivity index (χ2n) is 4.56. The molecule has 0 saturated heterocycles. The van der Waals surface area contributed by atoms with E-state index in [0.29, 0.717) is 11.0 Å². The number of benzene rings is 2. The fourth-order valence-corrected chi connectivity index (χ4v) is 3.56. The quantitative estimate of drug-likeness (QED) is 0.491. The smallest absolute Gasteiger partial charge is 0.198 e. The zero-order valence-corrected chi connectivity index (χ0v) is 12.5. The van der Waals surface area contributed by atoms with Crippen LogP contribution in [0.5, 0.6) is 0 Å². The molecule has 0 unspecified atom stereocenters. The first-order chi connectivity index (χ1) is 10.1. The van der Waals surface area contributed by atoms with Crippen molar-refractivity contribution in [2.45, 2.75) is 0 Å². The van der Waals surface area contributed by atoms with Crippen molar-refractivity contribution in [1.29, 1.82) is 0 Å². The molecule has 7 heteroatoms. The van der Waals surface area contributed by atoms with Crippen molar-refractivity contribution >= 4 is 57.5 Å². The van der Waals surface area contributed by atoms with Crippen LogP contribution < -0.4 is 0 Å². The third kappa shape index (κ3) is 1.62. The van der Waals surface area contributed by atoms with Gasteiger partial charge in [-0.1, -0.05) is 23.2 Å². The number of carbonyl (C=O) groups excluding carboxylic acids is 2. The highest BCUT2D eigenvalue weighted by atomic mass is 35.5. The van der Waals surface area contributed by atoms with Crippen molar-refractivity contribution in [2.24, 2.45) is 0 Å². The van der Waals surface area contributed by atoms with Gasteiger partial charge in [-0.3, -0.25) is 9.59 Å². The molecular weight excluding hydrogens is 331 g/mol. The minimum atomic E-state index is -0.342. The molecule has 0 radical (unpaired) electrons. The van der Waals surface area contributed by atoms with Crippen LogP contribution in [0.15, 0.2) is 24.3 Å². The molecule has 4 nitrogen and oxygen atoms in total. The van der Waals surface area contributed by atoms with Crippen molar-refractivity contribution < 1.29 is 9.59 Å². The molecule has 0 saturated carbocycles. The number of aromatic nitrogens is 2. The van der Waals surface area contributed by atoms with Crippen LogP contribution in [0.2, 0.25) is 10.0 Å². The molecule has 4 rings (SSSR count). The molecule has 2 aromatic carbocycles. The summed E-state index contributed by atoms with van der Waals surface area (Å²) in [5.74, 6) is -0.660. The Labute approximate surface area is 132 Å². The van der Waals surface area contributed by atoms with Crippen molar-refractivity contribution in [3.05, 3.63) is 56.6 Å². The highest BCUT2D eigenvalue weighted by Gasteiger charge is 2.35. The lowest BCUT2D eigenvalue weighted by Gasteiger charge is -2.19. The van der Waals surface area contributed by atoms with E-state index in [9.17, 15) is 9.59 Å². The normalized spacial score (nSPS) is 13.4. The number of carbonyl (C=O) groups is 2. The van der Waals surface area contributed by atoms with Gasteiger partial charge in [0.2, 0.25) is 0 Å². The summed E-state index contributed by atoms with van der Waals surface area (Å²) in [6.07, 6.45) is 0. The molecule has 102 valence electrons. The third-order valence-corrected chi connectivity index (χ3v) is 4.63. The second-order valence-corrected chi connectivity index (χ2v) is 5.90. The van der Waals surface area contributed by atoms with E-state index in [2.05, 4.69) is 8.75 Å². The Hall–Kier alpha value is -1.82. The lowest BCUT2D eigenvalue weighted by Crippen LogP contribution is -2.22. The Kier molecular flexibility index (Phi) is 2.66. The minimum Gasteiger partial charge on any atom is -0.289 e. The van der Waals surface area contributed by atoms with E-state index in [1.807, 2.05) is 0 Å². The van der Waals surface area contributed by atoms with Crippen LogP contribution in [-0.4, -0.2) is 20.3 Å². The van der Waals surface area contributed by atoms with Crippen LogP contribution in [0, 0.1) is 0 Å². The summed E-state index contributed by atoms with van der Waals surface area (Å²) in [4.78, 5) is 25.4. The maximum Gasteiger partial charge on any atom is 0.198 e. The lowest BCUT2D eigenvalue weighted by molar-refractivity contribution is 0.0980. The Morgan fingerprint density at radius 1 is 0.810 bits per heavy atom. The molecule has 1 heterocycles. The number of hydrogen-bond donors (Lipinski definition) is 0. The third-order valence-electron chi connectivity index (χ3n) is 3.46. The Bertz CT molecular complexity index is 965. The molecule has 3 aromatic rings. The molecule has 0 bridgehead atoms. The molecule has 0 fully saturated rings. The molecule has 21 heavy (non-hydrogen) atoms. The molecule has 1 aromatic heterocycles. The summed E-state index contributed by atoms with van der Waals surface area (Å²) in [5.41, 5.74) is 1.85. The molecule has 1 aliphatic carbocycles. The Morgan fingerprint density at radius 2 is 1.48 bits per heavy atom. The van der Waals surface area contributed by atoms with Crippen LogP contribution >= 0.6 is 34.9 Å². The number of ketones is 2. The Balaban J connectivity index is 2.16. The zero-order chi connectivity index (χ0) is 14.7. The van der Waals surface area contributed by atoms with Gasteiger partial charge in [0.15, 0.2) is 11.6 Å². The molecule has 0 atom stereocenters. The summed E-state index contributed by atoms with van der Waals surface area (Å²) >= 11 is 13.2. The predicted octanol–water partition coefficient (Wildman–Crippen LogP) is 3.77. The van der Waals surface area contributed by atoms with Crippen LogP contribution in [0.25, 0.3) is 11.0 Å². The average Bonchev–Trinajstić information content (AvgIpc) is 2.94. The first-order valence-electron chi connectivity index (χ1n) is 5.92. The van der Waals surface area contributed by atoms with Crippen molar-refractivity contribution in [2.75, 3.05) is 0 Å². The molecule has 0 aliphatic heterocycles. The van der Waals surface area contributed by atoms with E-state index in [4.69, 9.17) is 23.2 Å². The average molecular weight is 335 g/mol. The topological polar surface area (TPSA) is 59.9 Å². The van der Waals surface area contributed by atoms with Crippen LogP contribution in [-0.2, 0) is 0 Å². The number of nitrogens with zero attached hydrogens (tertiary/aromatic N) is 2. The largest absolute Gasteiger partial charge is 0.289 e. The van der Waals surface area contributed by atoms with E-state index in [1.54, 1.807) is 12.1 Å². The maximum absolute atomic E-state index is 12.8. The molecule has 1 aliphatic rings. The van der Waals surface area contributed by atoms with Gasteiger partial charge in [-0.2, -0.15) is 8.75 Å². The van der Waals surface area contributed by atoms with Crippen molar-refractivity contribution in [3.63, 3.8) is 0 Å². The summed E-state index contributed by atoms with van der Waals surface area (Å²) in [6.45, 7) is 0. The summed E-state index contributed by atoms with van der Waals surface area (Å²) < 4.78 is 8.21. The van der Waals surface area contributed by atoms with Gasteiger partial charge in [0.1, 0.15) is 11.0 Å². The van der Waals surface area contributed by atoms with Crippen molar-refractivity contribution in [3.8, 4) is 0 Å². The van der Waals surface area contributed by atoms with Crippen LogP contribution in [0.1, 0.15) is 31.8 Å². The first-order valence-corrected chi connectivity index (χ1v) is 7.41. The van der Waals surface area contributed by atoms with E-state index in [1.165, 1.54) is 12.1 Å². The molecule has 0 spiro atoms. The SMILES string of the molecule is O=C1c2ccc3nsnc3c2C(=O)c2c(Cl)ccc(Cl)c21.